The molecule has 2 aromatic carbocycles. The Morgan fingerprint density at radius 2 is 1.22 bits per heavy atom. The lowest BCUT2D eigenvalue weighted by atomic mass is 10.3. The molecule has 18 heteroatoms. The van der Waals surface area contributed by atoms with Gasteiger partial charge in [-0.15, -0.1) is 10.2 Å². The van der Waals surface area contributed by atoms with Gasteiger partial charge in [0.15, 0.2) is 22.6 Å². The van der Waals surface area contributed by atoms with Crippen LogP contribution in [-0.2, 0) is 34.4 Å². The van der Waals surface area contributed by atoms with Crippen molar-refractivity contribution in [3.8, 4) is 0 Å². The molecule has 0 spiro atoms. The molecule has 0 bridgehead atoms. The third-order valence-electron chi connectivity index (χ3n) is 8.02. The Hall–Kier alpha value is -4.38. The number of fused-ring (bicyclic) bond motifs is 2. The normalized spacial score (nSPS) is 17.5. The summed E-state index contributed by atoms with van der Waals surface area (Å²) in [5, 5.41) is 14.6. The molecule has 0 saturated carbocycles. The van der Waals surface area contributed by atoms with Gasteiger partial charge in [-0.05, 0) is 60.1 Å². The van der Waals surface area contributed by atoms with Gasteiger partial charge in [0.1, 0.15) is 21.4 Å². The smallest absolute Gasteiger partial charge is 0.227 e. The first kappa shape index (κ1) is 36.4. The molecule has 3 aromatic heterocycles. The number of piperazine rings is 1. The molecule has 0 aliphatic carbocycles. The zero-order chi connectivity index (χ0) is 34.8. The average molecular weight is 774 g/mol. The number of aryl methyl sites for hydroxylation is 2. The van der Waals surface area contributed by atoms with Gasteiger partial charge in [-0.1, -0.05) is 31.2 Å². The van der Waals surface area contributed by atoms with Crippen LogP contribution in [0.25, 0.3) is 0 Å². The van der Waals surface area contributed by atoms with Crippen LogP contribution in [0.15, 0.2) is 70.5 Å². The Balaban J connectivity index is 0.000000192. The van der Waals surface area contributed by atoms with Gasteiger partial charge in [-0.2, -0.15) is 9.97 Å². The van der Waals surface area contributed by atoms with E-state index in [4.69, 9.17) is 28.2 Å². The molecule has 266 valence electrons. The van der Waals surface area contributed by atoms with Crippen molar-refractivity contribution in [1.29, 1.82) is 0 Å². The molecule has 0 amide bonds. The summed E-state index contributed by atoms with van der Waals surface area (Å²) >= 11 is 11.7. The molecule has 0 radical (unpaired) electrons. The number of hydrogen-bond donors (Lipinski definition) is 2. The standard InChI is InChI=1S/C20H19ClFN7OS.C12H9ClFN3OS.CH4/c21-16-4-5-17(27-26-16)28-7-9-29(10-8-28)20-24-15-6-11-31(30)18(15)19(25-20)23-14-3-1-2-13(22)12-14;13-12-16-9-4-5-19(18)10(9)11(17-12)15-8-3-1-2-7(14)6-8;/h1-5,12H,6-11H2,(H,23,24,25);1-3,6H,4-5H2,(H,15,16,17);1H4. The quantitative estimate of drug-likeness (QED) is 0.193. The SMILES string of the molecule is C.O=S1CCc2nc(Cl)nc(Nc3cccc(F)c3)c21.O=S1CCc2nc(N3CCN(c4ccc(Cl)nn4)CC3)nc(Nc3cccc(F)c3)c21. The second-order valence-electron chi connectivity index (χ2n) is 11.3. The third kappa shape index (κ3) is 8.41. The first-order chi connectivity index (χ1) is 24.2. The van der Waals surface area contributed by atoms with Crippen LogP contribution in [0.3, 0.4) is 0 Å². The molecule has 8 rings (SSSR count). The van der Waals surface area contributed by atoms with Gasteiger partial charge in [0.2, 0.25) is 11.2 Å². The monoisotopic (exact) mass is 772 g/mol. The molecular formula is C33H32Cl2F2N10O2S2. The molecule has 3 aliphatic heterocycles. The van der Waals surface area contributed by atoms with Crippen molar-refractivity contribution in [2.45, 2.75) is 30.1 Å². The van der Waals surface area contributed by atoms with Crippen molar-refractivity contribution in [1.82, 2.24) is 30.1 Å². The Kier molecular flexibility index (Phi) is 11.3. The number of rotatable bonds is 6. The fourth-order valence-corrected chi connectivity index (χ4v) is 8.58. The molecule has 12 nitrogen and oxygen atoms in total. The van der Waals surface area contributed by atoms with Crippen LogP contribution in [-0.4, -0.2) is 76.2 Å². The van der Waals surface area contributed by atoms with E-state index in [1.807, 2.05) is 6.07 Å². The van der Waals surface area contributed by atoms with E-state index in [0.717, 1.165) is 24.6 Å². The number of benzene rings is 2. The number of halogens is 4. The summed E-state index contributed by atoms with van der Waals surface area (Å²) in [6.07, 6.45) is 1.25. The van der Waals surface area contributed by atoms with Crippen LogP contribution < -0.4 is 20.4 Å². The minimum atomic E-state index is -1.17. The topological polar surface area (TPSA) is 142 Å². The average Bonchev–Trinajstić information content (AvgIpc) is 3.67. The molecule has 2 unspecified atom stereocenters. The maximum Gasteiger partial charge on any atom is 0.227 e. The highest BCUT2D eigenvalue weighted by atomic mass is 35.5. The molecule has 5 aromatic rings. The van der Waals surface area contributed by atoms with Crippen molar-refractivity contribution in [2.24, 2.45) is 0 Å². The van der Waals surface area contributed by atoms with E-state index < -0.39 is 21.6 Å². The molecule has 6 heterocycles. The highest BCUT2D eigenvalue weighted by Gasteiger charge is 2.29. The minimum Gasteiger partial charge on any atom is -0.352 e. The summed E-state index contributed by atoms with van der Waals surface area (Å²) in [5.41, 5.74) is 2.56. The van der Waals surface area contributed by atoms with E-state index in [0.29, 0.717) is 87.0 Å². The molecule has 3 aliphatic rings. The molecule has 1 fully saturated rings. The fourth-order valence-electron chi connectivity index (χ4n) is 5.68. The third-order valence-corrected chi connectivity index (χ3v) is 11.3. The van der Waals surface area contributed by atoms with E-state index in [2.05, 4.69) is 45.6 Å². The van der Waals surface area contributed by atoms with Crippen molar-refractivity contribution in [3.63, 3.8) is 0 Å². The number of anilines is 6. The first-order valence-corrected chi connectivity index (χ1v) is 18.9. The Bertz CT molecular complexity index is 2110. The van der Waals surface area contributed by atoms with Gasteiger partial charge in [0.05, 0.1) is 33.0 Å². The number of hydrogen-bond acceptors (Lipinski definition) is 12. The molecule has 51 heavy (non-hydrogen) atoms. The van der Waals surface area contributed by atoms with Crippen LogP contribution >= 0.6 is 23.2 Å². The predicted molar refractivity (Wildman–Crippen MR) is 197 cm³/mol. The van der Waals surface area contributed by atoms with Crippen molar-refractivity contribution in [3.05, 3.63) is 94.1 Å². The van der Waals surface area contributed by atoms with E-state index in [-0.39, 0.29) is 24.3 Å². The highest BCUT2D eigenvalue weighted by Crippen LogP contribution is 2.33. The highest BCUT2D eigenvalue weighted by molar-refractivity contribution is 7.85. The van der Waals surface area contributed by atoms with Crippen LogP contribution in [0.4, 0.5) is 43.6 Å². The lowest BCUT2D eigenvalue weighted by Crippen LogP contribution is -2.47. The number of aromatic nitrogens is 6. The van der Waals surface area contributed by atoms with Gasteiger partial charge in [-0.3, -0.25) is 8.42 Å². The summed E-state index contributed by atoms with van der Waals surface area (Å²) in [4.78, 5) is 22.9. The van der Waals surface area contributed by atoms with Gasteiger partial charge in [0, 0.05) is 61.9 Å². The summed E-state index contributed by atoms with van der Waals surface area (Å²) < 4.78 is 51.2. The lowest BCUT2D eigenvalue weighted by molar-refractivity contribution is 0.627. The van der Waals surface area contributed by atoms with E-state index >= 15 is 0 Å². The largest absolute Gasteiger partial charge is 0.352 e. The fraction of sp³-hybridized carbons (Fsp3) is 0.273. The molecule has 1 saturated heterocycles. The molecule has 2 N–H and O–H groups in total. The number of nitrogens with zero attached hydrogens (tertiary/aromatic N) is 8. The Morgan fingerprint density at radius 1 is 0.667 bits per heavy atom. The van der Waals surface area contributed by atoms with Crippen molar-refractivity contribution in [2.75, 3.05) is 58.1 Å². The summed E-state index contributed by atoms with van der Waals surface area (Å²) in [6.45, 7) is 2.86. The van der Waals surface area contributed by atoms with E-state index in [9.17, 15) is 17.2 Å². The zero-order valence-corrected chi connectivity index (χ0v) is 29.3. The summed E-state index contributed by atoms with van der Waals surface area (Å²) in [7, 11) is -2.30. The number of nitrogens with one attached hydrogen (secondary N) is 2. The van der Waals surface area contributed by atoms with Gasteiger partial charge in [0.25, 0.3) is 0 Å². The summed E-state index contributed by atoms with van der Waals surface area (Å²) in [6, 6.07) is 15.7. The zero-order valence-electron chi connectivity index (χ0n) is 26.2. The van der Waals surface area contributed by atoms with Gasteiger partial charge in [-0.25, -0.2) is 18.7 Å². The van der Waals surface area contributed by atoms with Crippen LogP contribution in [0.5, 0.6) is 0 Å². The van der Waals surface area contributed by atoms with Gasteiger partial charge >= 0.3 is 0 Å². The predicted octanol–water partition coefficient (Wildman–Crippen LogP) is 6.11. The molecular weight excluding hydrogens is 741 g/mol. The van der Waals surface area contributed by atoms with E-state index in [1.54, 1.807) is 30.3 Å². The minimum absolute atomic E-state index is 0. The summed E-state index contributed by atoms with van der Waals surface area (Å²) in [5.74, 6) is 2.56. The van der Waals surface area contributed by atoms with Crippen molar-refractivity contribution < 1.29 is 17.2 Å². The first-order valence-electron chi connectivity index (χ1n) is 15.5. The molecule has 2 atom stereocenters. The van der Waals surface area contributed by atoms with E-state index in [1.165, 1.54) is 24.3 Å². The van der Waals surface area contributed by atoms with Crippen LogP contribution in [0.1, 0.15) is 18.8 Å². The lowest BCUT2D eigenvalue weighted by Gasteiger charge is -2.35. The Labute approximate surface area is 308 Å². The van der Waals surface area contributed by atoms with Crippen LogP contribution in [0, 0.1) is 11.6 Å². The Morgan fingerprint density at radius 3 is 1.76 bits per heavy atom. The van der Waals surface area contributed by atoms with Crippen molar-refractivity contribution >= 4 is 79.6 Å². The second kappa shape index (κ2) is 15.9. The second-order valence-corrected chi connectivity index (χ2v) is 15.1. The maximum absolute atomic E-state index is 13.6. The van der Waals surface area contributed by atoms with Gasteiger partial charge < -0.3 is 20.4 Å². The maximum atomic E-state index is 13.6. The van der Waals surface area contributed by atoms with Crippen LogP contribution in [0.2, 0.25) is 10.4 Å².